The third kappa shape index (κ3) is 4.67. The molecule has 0 bridgehead atoms. The maximum atomic E-state index is 12.0. The zero-order chi connectivity index (χ0) is 16.8. The lowest BCUT2D eigenvalue weighted by Crippen LogP contribution is -2.31. The minimum atomic E-state index is -0.345. The fourth-order valence-electron chi connectivity index (χ4n) is 2.89. The van der Waals surface area contributed by atoms with Crippen molar-refractivity contribution < 1.29 is 14.0 Å². The first-order chi connectivity index (χ1) is 11.7. The van der Waals surface area contributed by atoms with Gasteiger partial charge in [-0.15, -0.1) is 11.3 Å². The summed E-state index contributed by atoms with van der Waals surface area (Å²) in [6.07, 6.45) is 7.95. The van der Waals surface area contributed by atoms with E-state index >= 15 is 0 Å². The number of furan rings is 1. The molecule has 2 heterocycles. The number of hydrogen-bond donors (Lipinski definition) is 2. The summed E-state index contributed by atoms with van der Waals surface area (Å²) >= 11 is 1.30. The Bertz CT molecular complexity index is 675. The minimum Gasteiger partial charge on any atom is -0.459 e. The van der Waals surface area contributed by atoms with Gasteiger partial charge < -0.3 is 9.73 Å². The van der Waals surface area contributed by atoms with Gasteiger partial charge >= 0.3 is 0 Å². The summed E-state index contributed by atoms with van der Waals surface area (Å²) < 4.78 is 5.03. The molecule has 1 saturated carbocycles. The Hall–Kier alpha value is -2.15. The van der Waals surface area contributed by atoms with E-state index < -0.39 is 0 Å². The normalized spacial score (nSPS) is 15.2. The van der Waals surface area contributed by atoms with Gasteiger partial charge in [-0.25, -0.2) is 4.98 Å². The van der Waals surface area contributed by atoms with Crippen molar-refractivity contribution in [1.29, 1.82) is 0 Å². The van der Waals surface area contributed by atoms with E-state index in [2.05, 4.69) is 15.6 Å². The number of carbonyl (C=O) groups is 2. The predicted molar refractivity (Wildman–Crippen MR) is 92.1 cm³/mol. The number of amides is 2. The van der Waals surface area contributed by atoms with E-state index in [-0.39, 0.29) is 24.0 Å². The lowest BCUT2D eigenvalue weighted by molar-refractivity contribution is -0.120. The monoisotopic (exact) mass is 347 g/mol. The highest BCUT2D eigenvalue weighted by atomic mass is 32.1. The number of aromatic nitrogens is 1. The largest absolute Gasteiger partial charge is 0.459 e. The van der Waals surface area contributed by atoms with Gasteiger partial charge in [0.15, 0.2) is 10.9 Å². The van der Waals surface area contributed by atoms with Gasteiger partial charge in [-0.3, -0.25) is 14.9 Å². The highest BCUT2D eigenvalue weighted by Gasteiger charge is 2.16. The molecule has 1 aliphatic carbocycles. The zero-order valence-corrected chi connectivity index (χ0v) is 14.2. The molecule has 1 aliphatic rings. The molecule has 0 aliphatic heterocycles. The smallest absolute Gasteiger partial charge is 0.293 e. The fourth-order valence-corrected chi connectivity index (χ4v) is 3.59. The Morgan fingerprint density at radius 3 is 2.88 bits per heavy atom. The number of nitrogens with zero attached hydrogens (tertiary/aromatic N) is 1. The van der Waals surface area contributed by atoms with Gasteiger partial charge in [-0.1, -0.05) is 19.3 Å². The quantitative estimate of drug-likeness (QED) is 0.840. The van der Waals surface area contributed by atoms with Gasteiger partial charge in [0.05, 0.1) is 18.4 Å². The summed E-state index contributed by atoms with van der Waals surface area (Å²) in [7, 11) is 0. The van der Waals surface area contributed by atoms with Gasteiger partial charge in [0.25, 0.3) is 5.91 Å². The molecule has 0 atom stereocenters. The first-order valence-electron chi connectivity index (χ1n) is 8.26. The van der Waals surface area contributed by atoms with E-state index in [1.165, 1.54) is 49.7 Å². The first-order valence-corrected chi connectivity index (χ1v) is 9.14. The molecular formula is C17H21N3O3S. The number of carbonyl (C=O) groups excluding carboxylic acids is 2. The van der Waals surface area contributed by atoms with Gasteiger partial charge in [0.2, 0.25) is 5.91 Å². The highest BCUT2D eigenvalue weighted by molar-refractivity contribution is 7.14. The maximum absolute atomic E-state index is 12.0. The number of anilines is 1. The van der Waals surface area contributed by atoms with Crippen molar-refractivity contribution in [3.63, 3.8) is 0 Å². The molecule has 2 amide bonds. The third-order valence-corrected chi connectivity index (χ3v) is 4.98. The van der Waals surface area contributed by atoms with Crippen LogP contribution in [0.3, 0.4) is 0 Å². The Kier molecular flexibility index (Phi) is 5.63. The van der Waals surface area contributed by atoms with Crippen molar-refractivity contribution in [3.05, 3.63) is 35.2 Å². The second-order valence-electron chi connectivity index (χ2n) is 6.06. The zero-order valence-electron chi connectivity index (χ0n) is 13.4. The van der Waals surface area contributed by atoms with Crippen LogP contribution in [0.2, 0.25) is 0 Å². The molecule has 7 heteroatoms. The molecule has 1 fully saturated rings. The molecule has 0 saturated heterocycles. The first kappa shape index (κ1) is 16.7. The van der Waals surface area contributed by atoms with E-state index in [0.29, 0.717) is 16.7 Å². The summed E-state index contributed by atoms with van der Waals surface area (Å²) in [6, 6.07) is 3.24. The van der Waals surface area contributed by atoms with Crippen molar-refractivity contribution in [2.45, 2.75) is 38.5 Å². The molecule has 128 valence electrons. The average Bonchev–Trinajstić information content (AvgIpc) is 3.26. The lowest BCUT2D eigenvalue weighted by Gasteiger charge is -2.21. The Morgan fingerprint density at radius 1 is 1.29 bits per heavy atom. The maximum Gasteiger partial charge on any atom is 0.293 e. The number of thiazole rings is 1. The number of nitrogens with one attached hydrogen (secondary N) is 2. The van der Waals surface area contributed by atoms with Crippen molar-refractivity contribution >= 4 is 28.3 Å². The average molecular weight is 347 g/mol. The van der Waals surface area contributed by atoms with Crippen LogP contribution in [0.15, 0.2) is 28.2 Å². The van der Waals surface area contributed by atoms with Crippen LogP contribution in [0, 0.1) is 5.92 Å². The number of rotatable bonds is 6. The summed E-state index contributed by atoms with van der Waals surface area (Å²) in [5, 5.41) is 7.92. The molecule has 2 N–H and O–H groups in total. The van der Waals surface area contributed by atoms with E-state index in [1.54, 1.807) is 17.5 Å². The summed E-state index contributed by atoms with van der Waals surface area (Å²) in [5.41, 5.74) is 0.663. The molecule has 0 spiro atoms. The van der Waals surface area contributed by atoms with E-state index in [4.69, 9.17) is 4.42 Å². The van der Waals surface area contributed by atoms with Crippen molar-refractivity contribution in [3.8, 4) is 0 Å². The minimum absolute atomic E-state index is 0.0187. The van der Waals surface area contributed by atoms with Gasteiger partial charge in [-0.05, 0) is 30.9 Å². The van der Waals surface area contributed by atoms with Crippen LogP contribution in [0.25, 0.3) is 0 Å². The summed E-state index contributed by atoms with van der Waals surface area (Å²) in [6.45, 7) is 0.755. The van der Waals surface area contributed by atoms with Crippen molar-refractivity contribution in [1.82, 2.24) is 10.3 Å². The van der Waals surface area contributed by atoms with Gasteiger partial charge in [-0.2, -0.15) is 0 Å². The van der Waals surface area contributed by atoms with Gasteiger partial charge in [0.1, 0.15) is 0 Å². The second kappa shape index (κ2) is 8.10. The molecule has 3 rings (SSSR count). The predicted octanol–water partition coefficient (Wildman–Crippen LogP) is 3.23. The lowest BCUT2D eigenvalue weighted by atomic mass is 9.89. The third-order valence-electron chi connectivity index (χ3n) is 4.17. The van der Waals surface area contributed by atoms with Crippen LogP contribution in [0.4, 0.5) is 5.13 Å². The summed E-state index contributed by atoms with van der Waals surface area (Å²) in [5.74, 6) is 0.482. The molecular weight excluding hydrogens is 326 g/mol. The summed E-state index contributed by atoms with van der Waals surface area (Å²) in [4.78, 5) is 28.2. The molecule has 2 aromatic rings. The van der Waals surface area contributed by atoms with Crippen LogP contribution >= 0.6 is 11.3 Å². The number of hydrogen-bond acceptors (Lipinski definition) is 5. The molecule has 0 aromatic carbocycles. The highest BCUT2D eigenvalue weighted by Crippen LogP contribution is 2.23. The Labute approximate surface area is 144 Å². The molecule has 0 unspecified atom stereocenters. The van der Waals surface area contributed by atoms with E-state index in [1.807, 2.05) is 0 Å². The van der Waals surface area contributed by atoms with Crippen molar-refractivity contribution in [2.75, 3.05) is 11.9 Å². The Morgan fingerprint density at radius 2 is 2.12 bits per heavy atom. The van der Waals surface area contributed by atoms with Crippen LogP contribution in [-0.4, -0.2) is 23.3 Å². The molecule has 2 aromatic heterocycles. The molecule has 0 radical (unpaired) electrons. The fraction of sp³-hybridized carbons (Fsp3) is 0.471. The molecule has 24 heavy (non-hydrogen) atoms. The van der Waals surface area contributed by atoms with E-state index in [0.717, 1.165) is 6.54 Å². The van der Waals surface area contributed by atoms with Crippen LogP contribution in [0.1, 0.15) is 48.4 Å². The Balaban J connectivity index is 1.45. The van der Waals surface area contributed by atoms with Crippen LogP contribution in [-0.2, 0) is 11.2 Å². The van der Waals surface area contributed by atoms with Crippen molar-refractivity contribution in [2.24, 2.45) is 5.92 Å². The van der Waals surface area contributed by atoms with Gasteiger partial charge in [0, 0.05) is 11.9 Å². The SMILES string of the molecule is O=C(Cc1csc(NC(=O)c2ccco2)n1)NCC1CCCCC1. The molecule has 6 nitrogen and oxygen atoms in total. The van der Waals surface area contributed by atoms with Crippen LogP contribution < -0.4 is 10.6 Å². The second-order valence-corrected chi connectivity index (χ2v) is 6.92. The topological polar surface area (TPSA) is 84.2 Å². The van der Waals surface area contributed by atoms with E-state index in [9.17, 15) is 9.59 Å². The van der Waals surface area contributed by atoms with Crippen LogP contribution in [0.5, 0.6) is 0 Å². The standard InChI is InChI=1S/C17H21N3O3S/c21-15(18-10-12-5-2-1-3-6-12)9-13-11-24-17(19-13)20-16(22)14-7-4-8-23-14/h4,7-8,11-12H,1-3,5-6,9-10H2,(H,18,21)(H,19,20,22).